The fourth-order valence-electron chi connectivity index (χ4n) is 4.46. The Labute approximate surface area is 174 Å². The van der Waals surface area contributed by atoms with Gasteiger partial charge in [0.1, 0.15) is 22.7 Å². The van der Waals surface area contributed by atoms with Crippen LogP contribution in [0.2, 0.25) is 0 Å². The van der Waals surface area contributed by atoms with Gasteiger partial charge in [-0.1, -0.05) is 6.07 Å². The van der Waals surface area contributed by atoms with Gasteiger partial charge in [-0.25, -0.2) is 4.98 Å². The van der Waals surface area contributed by atoms with E-state index in [2.05, 4.69) is 9.88 Å². The largest absolute Gasteiger partial charge is 0.507 e. The zero-order valence-electron chi connectivity index (χ0n) is 16.8. The average molecular weight is 404 g/mol. The van der Waals surface area contributed by atoms with Crippen molar-refractivity contribution in [2.75, 3.05) is 24.5 Å². The number of ether oxygens (including phenoxy) is 1. The van der Waals surface area contributed by atoms with Crippen molar-refractivity contribution in [2.24, 2.45) is 18.7 Å². The topological polar surface area (TPSA) is 93.6 Å². The zero-order valence-corrected chi connectivity index (χ0v) is 16.8. The van der Waals surface area contributed by atoms with E-state index in [0.717, 1.165) is 54.8 Å². The van der Waals surface area contributed by atoms with Crippen molar-refractivity contribution in [2.45, 2.75) is 12.8 Å². The van der Waals surface area contributed by atoms with Gasteiger partial charge in [0.25, 0.3) is 0 Å². The van der Waals surface area contributed by atoms with Crippen LogP contribution in [0.4, 0.5) is 5.69 Å². The molecule has 2 aliphatic rings. The Morgan fingerprint density at radius 1 is 1.30 bits per heavy atom. The Hall–Kier alpha value is -3.32. The summed E-state index contributed by atoms with van der Waals surface area (Å²) in [6.45, 7) is 2.62. The van der Waals surface area contributed by atoms with Crippen LogP contribution in [-0.4, -0.2) is 40.1 Å². The monoisotopic (exact) mass is 404 g/mol. The Bertz CT molecular complexity index is 1170. The minimum absolute atomic E-state index is 0.0658. The summed E-state index contributed by atoms with van der Waals surface area (Å²) in [6.07, 6.45) is 7.68. The Kier molecular flexibility index (Phi) is 4.47. The SMILES string of the molecule is Cn1cc(/C=C2\Oc3cccc(O)c3C2=O)c2c(N3CCC(CN)CC3)ccnc21. The van der Waals surface area contributed by atoms with Crippen LogP contribution in [0.1, 0.15) is 28.8 Å². The molecule has 2 aromatic heterocycles. The van der Waals surface area contributed by atoms with Crippen molar-refractivity contribution in [1.82, 2.24) is 9.55 Å². The van der Waals surface area contributed by atoms with Gasteiger partial charge in [0.15, 0.2) is 5.76 Å². The molecule has 7 nitrogen and oxygen atoms in total. The lowest BCUT2D eigenvalue weighted by Crippen LogP contribution is -2.36. The van der Waals surface area contributed by atoms with Crippen LogP contribution in [0.5, 0.6) is 11.5 Å². The van der Waals surface area contributed by atoms with Crippen molar-refractivity contribution in [3.8, 4) is 11.5 Å². The number of ketones is 1. The van der Waals surface area contributed by atoms with E-state index in [1.807, 2.05) is 30.1 Å². The average Bonchev–Trinajstić information content (AvgIpc) is 3.26. The summed E-state index contributed by atoms with van der Waals surface area (Å²) in [5, 5.41) is 11.1. The maximum atomic E-state index is 12.8. The molecule has 4 heterocycles. The standard InChI is InChI=1S/C23H24N4O3/c1-26-13-15(11-19-22(29)21-17(28)3-2-4-18(21)30-19)20-16(5-8-25-23(20)26)27-9-6-14(12-24)7-10-27/h2-5,8,11,13-14,28H,6-7,9-10,12,24H2,1H3/b19-11-. The molecule has 7 heteroatoms. The molecule has 0 bridgehead atoms. The molecule has 5 rings (SSSR count). The molecule has 0 atom stereocenters. The molecular formula is C23H24N4O3. The van der Waals surface area contributed by atoms with Crippen LogP contribution >= 0.6 is 0 Å². The van der Waals surface area contributed by atoms with E-state index >= 15 is 0 Å². The lowest BCUT2D eigenvalue weighted by atomic mass is 9.96. The lowest BCUT2D eigenvalue weighted by Gasteiger charge is -2.33. The van der Waals surface area contributed by atoms with Crippen molar-refractivity contribution in [3.63, 3.8) is 0 Å². The number of fused-ring (bicyclic) bond motifs is 2. The second kappa shape index (κ2) is 7.18. The number of hydrogen-bond acceptors (Lipinski definition) is 6. The minimum Gasteiger partial charge on any atom is -0.507 e. The lowest BCUT2D eigenvalue weighted by molar-refractivity contribution is 0.101. The Morgan fingerprint density at radius 3 is 2.83 bits per heavy atom. The number of aromatic hydroxyl groups is 1. The van der Waals surface area contributed by atoms with Crippen molar-refractivity contribution in [3.05, 3.63) is 53.5 Å². The predicted molar refractivity (Wildman–Crippen MR) is 116 cm³/mol. The second-order valence-electron chi connectivity index (χ2n) is 7.98. The molecule has 0 aliphatic carbocycles. The molecule has 3 aromatic rings. The minimum atomic E-state index is -0.311. The zero-order chi connectivity index (χ0) is 20.8. The molecule has 0 saturated carbocycles. The summed E-state index contributed by atoms with van der Waals surface area (Å²) < 4.78 is 7.73. The van der Waals surface area contributed by atoms with Crippen LogP contribution in [-0.2, 0) is 7.05 Å². The molecule has 1 fully saturated rings. The third kappa shape index (κ3) is 2.93. The number of aryl methyl sites for hydroxylation is 1. The molecule has 3 N–H and O–H groups in total. The maximum Gasteiger partial charge on any atom is 0.235 e. The third-order valence-corrected chi connectivity index (χ3v) is 6.11. The molecule has 2 aliphatic heterocycles. The number of hydrogen-bond donors (Lipinski definition) is 2. The van der Waals surface area contributed by atoms with Gasteiger partial charge < -0.3 is 25.0 Å². The van der Waals surface area contributed by atoms with Gasteiger partial charge >= 0.3 is 0 Å². The van der Waals surface area contributed by atoms with E-state index in [9.17, 15) is 9.90 Å². The van der Waals surface area contributed by atoms with Gasteiger partial charge in [-0.2, -0.15) is 0 Å². The molecule has 0 spiro atoms. The van der Waals surface area contributed by atoms with Crippen molar-refractivity contribution in [1.29, 1.82) is 0 Å². The van der Waals surface area contributed by atoms with E-state index in [1.165, 1.54) is 6.07 Å². The summed E-state index contributed by atoms with van der Waals surface area (Å²) in [5.74, 6) is 0.786. The highest BCUT2D eigenvalue weighted by atomic mass is 16.5. The summed E-state index contributed by atoms with van der Waals surface area (Å²) in [4.78, 5) is 19.8. The van der Waals surface area contributed by atoms with Crippen LogP contribution in [0.3, 0.4) is 0 Å². The number of anilines is 1. The summed E-state index contributed by atoms with van der Waals surface area (Å²) >= 11 is 0. The van der Waals surface area contributed by atoms with E-state index in [-0.39, 0.29) is 22.9 Å². The maximum absolute atomic E-state index is 12.8. The highest BCUT2D eigenvalue weighted by molar-refractivity contribution is 6.17. The van der Waals surface area contributed by atoms with Gasteiger partial charge in [-0.15, -0.1) is 0 Å². The van der Waals surface area contributed by atoms with Crippen LogP contribution in [0.15, 0.2) is 42.4 Å². The summed E-state index contributed by atoms with van der Waals surface area (Å²) in [7, 11) is 1.94. The third-order valence-electron chi connectivity index (χ3n) is 6.11. The smallest absolute Gasteiger partial charge is 0.235 e. The summed E-state index contributed by atoms with van der Waals surface area (Å²) in [6, 6.07) is 6.87. The van der Waals surface area contributed by atoms with Crippen LogP contribution in [0.25, 0.3) is 17.1 Å². The number of nitrogens with zero attached hydrogens (tertiary/aromatic N) is 3. The first-order chi connectivity index (χ1) is 14.6. The van der Waals surface area contributed by atoms with Gasteiger partial charge in [-0.3, -0.25) is 4.79 Å². The summed E-state index contributed by atoms with van der Waals surface area (Å²) in [5.41, 5.74) is 8.89. The molecular weight excluding hydrogens is 380 g/mol. The molecule has 0 amide bonds. The fraction of sp³-hybridized carbons (Fsp3) is 0.304. The van der Waals surface area contributed by atoms with Gasteiger partial charge in [-0.05, 0) is 49.6 Å². The van der Waals surface area contributed by atoms with Gasteiger partial charge in [0.05, 0.1) is 0 Å². The number of benzene rings is 1. The molecule has 154 valence electrons. The number of piperidine rings is 1. The highest BCUT2D eigenvalue weighted by Crippen LogP contribution is 2.39. The van der Waals surface area contributed by atoms with E-state index in [4.69, 9.17) is 10.5 Å². The Morgan fingerprint density at radius 2 is 2.10 bits per heavy atom. The first kappa shape index (κ1) is 18.7. The molecule has 0 radical (unpaired) electrons. The number of allylic oxidation sites excluding steroid dienone is 1. The number of carbonyl (C=O) groups excluding carboxylic acids is 1. The molecule has 1 aromatic carbocycles. The van der Waals surface area contributed by atoms with Crippen LogP contribution in [0, 0.1) is 5.92 Å². The van der Waals surface area contributed by atoms with Crippen molar-refractivity contribution >= 4 is 28.6 Å². The fourth-order valence-corrected chi connectivity index (χ4v) is 4.46. The normalized spacial score (nSPS) is 18.3. The Balaban J connectivity index is 1.57. The first-order valence-corrected chi connectivity index (χ1v) is 10.2. The highest BCUT2D eigenvalue weighted by Gasteiger charge is 2.31. The number of phenolic OH excluding ortho intramolecular Hbond substituents is 1. The number of phenols is 1. The number of rotatable bonds is 3. The predicted octanol–water partition coefficient (Wildman–Crippen LogP) is 3.07. The first-order valence-electron chi connectivity index (χ1n) is 10.2. The molecule has 1 saturated heterocycles. The molecule has 30 heavy (non-hydrogen) atoms. The van der Waals surface area contributed by atoms with E-state index in [1.54, 1.807) is 18.2 Å². The number of pyridine rings is 1. The quantitative estimate of drug-likeness (QED) is 0.652. The van der Waals surface area contributed by atoms with E-state index < -0.39 is 0 Å². The number of Topliss-reactive ketones (excluding diaryl/α,β-unsaturated/α-hetero) is 1. The van der Waals surface area contributed by atoms with E-state index in [0.29, 0.717) is 11.7 Å². The van der Waals surface area contributed by atoms with Crippen LogP contribution < -0.4 is 15.4 Å². The number of nitrogens with two attached hydrogens (primary N) is 1. The number of aromatic nitrogens is 2. The molecule has 0 unspecified atom stereocenters. The van der Waals surface area contributed by atoms with Crippen molar-refractivity contribution < 1.29 is 14.6 Å². The second-order valence-corrected chi connectivity index (χ2v) is 7.98. The van der Waals surface area contributed by atoms with Gasteiger partial charge in [0.2, 0.25) is 5.78 Å². The number of carbonyl (C=O) groups is 1. The van der Waals surface area contributed by atoms with Gasteiger partial charge in [0, 0.05) is 49.2 Å².